The largest absolute Gasteiger partial charge is 0.321 e. The minimum absolute atomic E-state index is 0.0177. The quantitative estimate of drug-likeness (QED) is 0.141. The van der Waals surface area contributed by atoms with Crippen LogP contribution in [0.4, 0.5) is 11.4 Å². The molecule has 2 aromatic heterocycles. The van der Waals surface area contributed by atoms with Gasteiger partial charge in [-0.05, 0) is 144 Å². The van der Waals surface area contributed by atoms with Gasteiger partial charge in [-0.3, -0.25) is 19.0 Å². The Balaban J connectivity index is 0.759. The molecule has 0 bridgehead atoms. The standard InChI is InChI=1S/C52H60N6O2/c1-51(2,3)26-33-12-18-39(19-13-33)57-31-36(29-54-57)25-38-17-23-46-48-42(38)9-7-11-44(48)50(60)56(46)32-52(4,5)27-34-14-20-40(21-15-34)58-30-35(28-53-58)24-37-16-22-45-47-41(37)8-6-10-43(47)49(59)55-45/h6-11,16-17,22-23,28-31,33-34,39-40H,12-15,18-21,24-27,32H2,1-5H3,(H,55,59). The molecule has 60 heavy (non-hydrogen) atoms. The summed E-state index contributed by atoms with van der Waals surface area (Å²) in [6.07, 6.45) is 22.2. The number of benzene rings is 4. The molecule has 0 atom stereocenters. The van der Waals surface area contributed by atoms with Crippen molar-refractivity contribution in [2.24, 2.45) is 22.7 Å². The van der Waals surface area contributed by atoms with Crippen LogP contribution in [0, 0.1) is 22.7 Å². The van der Waals surface area contributed by atoms with Gasteiger partial charge in [-0.15, -0.1) is 0 Å². The molecule has 4 heterocycles. The summed E-state index contributed by atoms with van der Waals surface area (Å²) in [7, 11) is 0. The zero-order valence-electron chi connectivity index (χ0n) is 36.1. The minimum atomic E-state index is -0.0285. The minimum Gasteiger partial charge on any atom is -0.321 e. The van der Waals surface area contributed by atoms with Gasteiger partial charge in [0.2, 0.25) is 0 Å². The van der Waals surface area contributed by atoms with Crippen LogP contribution in [0.5, 0.6) is 0 Å². The lowest BCUT2D eigenvalue weighted by Crippen LogP contribution is -2.38. The van der Waals surface area contributed by atoms with Crippen molar-refractivity contribution >= 4 is 44.7 Å². The average molecular weight is 801 g/mol. The second kappa shape index (κ2) is 15.0. The fraction of sp³-hybridized carbons (Fsp3) is 0.462. The SMILES string of the molecule is CC(C)(C)CC1CCC(n2cc(Cc3ccc4c5c(cccc35)C(=O)N4CC(C)(C)CC3CCC(n4cc(Cc5ccc6c7c(cccc57)C(=O)N6)cn4)CC3)cn2)CC1. The maximum atomic E-state index is 14.1. The van der Waals surface area contributed by atoms with Crippen molar-refractivity contribution in [3.63, 3.8) is 0 Å². The Morgan fingerprint density at radius 3 is 1.78 bits per heavy atom. The first-order chi connectivity index (χ1) is 28.9. The summed E-state index contributed by atoms with van der Waals surface area (Å²) < 4.78 is 4.43. The Morgan fingerprint density at radius 2 is 1.18 bits per heavy atom. The van der Waals surface area contributed by atoms with Crippen molar-refractivity contribution in [2.45, 2.75) is 124 Å². The number of aromatic nitrogens is 4. The van der Waals surface area contributed by atoms with Crippen LogP contribution in [-0.4, -0.2) is 37.9 Å². The van der Waals surface area contributed by atoms with E-state index in [0.29, 0.717) is 30.0 Å². The number of amides is 2. The molecule has 0 unspecified atom stereocenters. The highest BCUT2D eigenvalue weighted by Gasteiger charge is 2.37. The van der Waals surface area contributed by atoms with Gasteiger partial charge in [0.25, 0.3) is 11.8 Å². The highest BCUT2D eigenvalue weighted by atomic mass is 16.2. The molecule has 2 amide bonds. The lowest BCUT2D eigenvalue weighted by Gasteiger charge is -2.36. The second-order valence-electron chi connectivity index (χ2n) is 20.8. The molecule has 310 valence electrons. The summed E-state index contributed by atoms with van der Waals surface area (Å²) >= 11 is 0. The number of nitrogens with zero attached hydrogens (tertiary/aromatic N) is 5. The van der Waals surface area contributed by atoms with Gasteiger partial charge >= 0.3 is 0 Å². The fourth-order valence-electron chi connectivity index (χ4n) is 11.7. The molecule has 10 rings (SSSR count). The van der Waals surface area contributed by atoms with E-state index in [1.807, 2.05) is 30.5 Å². The molecule has 0 saturated heterocycles. The molecule has 8 heteroatoms. The van der Waals surface area contributed by atoms with Gasteiger partial charge in [0.1, 0.15) is 0 Å². The third-order valence-corrected chi connectivity index (χ3v) is 14.3. The van der Waals surface area contributed by atoms with Gasteiger partial charge in [0.15, 0.2) is 0 Å². The number of hydrogen-bond acceptors (Lipinski definition) is 4. The topological polar surface area (TPSA) is 85.0 Å². The molecule has 2 aliphatic heterocycles. The fourth-order valence-corrected chi connectivity index (χ4v) is 11.7. The Kier molecular flexibility index (Phi) is 9.76. The molecule has 2 fully saturated rings. The molecular formula is C52H60N6O2. The monoisotopic (exact) mass is 800 g/mol. The summed E-state index contributed by atoms with van der Waals surface area (Å²) in [5.74, 6) is 1.57. The predicted octanol–water partition coefficient (Wildman–Crippen LogP) is 12.1. The first-order valence-electron chi connectivity index (χ1n) is 22.6. The van der Waals surface area contributed by atoms with Gasteiger partial charge in [-0.25, -0.2) is 0 Å². The van der Waals surface area contributed by atoms with Crippen molar-refractivity contribution in [1.82, 2.24) is 19.6 Å². The van der Waals surface area contributed by atoms with E-state index in [9.17, 15) is 9.59 Å². The van der Waals surface area contributed by atoms with E-state index in [2.05, 4.69) is 109 Å². The van der Waals surface area contributed by atoms with Crippen molar-refractivity contribution in [3.8, 4) is 0 Å². The maximum absolute atomic E-state index is 14.1. The summed E-state index contributed by atoms with van der Waals surface area (Å²) in [5.41, 5.74) is 8.85. The molecule has 4 aliphatic rings. The molecule has 2 aliphatic carbocycles. The molecular weight excluding hydrogens is 741 g/mol. The second-order valence-corrected chi connectivity index (χ2v) is 20.8. The van der Waals surface area contributed by atoms with Crippen molar-refractivity contribution in [3.05, 3.63) is 119 Å². The van der Waals surface area contributed by atoms with Gasteiger partial charge in [-0.2, -0.15) is 10.2 Å². The maximum Gasteiger partial charge on any atom is 0.259 e. The van der Waals surface area contributed by atoms with E-state index in [-0.39, 0.29) is 17.2 Å². The van der Waals surface area contributed by atoms with E-state index in [1.54, 1.807) is 0 Å². The third-order valence-electron chi connectivity index (χ3n) is 14.3. The summed E-state index contributed by atoms with van der Waals surface area (Å²) in [6, 6.07) is 21.8. The van der Waals surface area contributed by atoms with Gasteiger partial charge in [0.05, 0.1) is 30.2 Å². The highest BCUT2D eigenvalue weighted by molar-refractivity contribution is 6.26. The number of nitrogens with one attached hydrogen (secondary N) is 1. The summed E-state index contributed by atoms with van der Waals surface area (Å²) in [5, 5.41) is 17.2. The molecule has 2 saturated carbocycles. The zero-order chi connectivity index (χ0) is 41.3. The first kappa shape index (κ1) is 38.9. The smallest absolute Gasteiger partial charge is 0.259 e. The van der Waals surface area contributed by atoms with Crippen LogP contribution in [0.25, 0.3) is 21.5 Å². The number of carbonyl (C=O) groups excluding carboxylic acids is 2. The first-order valence-corrected chi connectivity index (χ1v) is 22.6. The van der Waals surface area contributed by atoms with Crippen molar-refractivity contribution in [1.29, 1.82) is 0 Å². The number of rotatable bonds is 11. The average Bonchev–Trinajstić information content (AvgIpc) is 4.02. The van der Waals surface area contributed by atoms with Crippen LogP contribution >= 0.6 is 0 Å². The zero-order valence-corrected chi connectivity index (χ0v) is 36.1. The predicted molar refractivity (Wildman–Crippen MR) is 242 cm³/mol. The Hall–Kier alpha value is -5.24. The molecule has 4 aromatic carbocycles. The van der Waals surface area contributed by atoms with Crippen LogP contribution in [0.1, 0.15) is 154 Å². The summed E-state index contributed by atoms with van der Waals surface area (Å²) in [4.78, 5) is 28.6. The number of anilines is 2. The summed E-state index contributed by atoms with van der Waals surface area (Å²) in [6.45, 7) is 12.5. The number of hydrogen-bond donors (Lipinski definition) is 1. The van der Waals surface area contributed by atoms with Crippen LogP contribution < -0.4 is 10.2 Å². The van der Waals surface area contributed by atoms with E-state index < -0.39 is 0 Å². The van der Waals surface area contributed by atoms with Crippen molar-refractivity contribution in [2.75, 3.05) is 16.8 Å². The van der Waals surface area contributed by atoms with Crippen LogP contribution in [0.15, 0.2) is 85.5 Å². The molecule has 8 nitrogen and oxygen atoms in total. The Labute approximate surface area is 354 Å². The van der Waals surface area contributed by atoms with Gasteiger partial charge < -0.3 is 10.2 Å². The van der Waals surface area contributed by atoms with Crippen molar-refractivity contribution < 1.29 is 9.59 Å². The number of carbonyl (C=O) groups is 2. The lowest BCUT2D eigenvalue weighted by molar-refractivity contribution is 0.0974. The van der Waals surface area contributed by atoms with E-state index in [1.165, 1.54) is 72.6 Å². The molecule has 0 spiro atoms. The van der Waals surface area contributed by atoms with E-state index in [0.717, 1.165) is 76.7 Å². The Bertz CT molecular complexity index is 2610. The van der Waals surface area contributed by atoms with Gasteiger partial charge in [0, 0.05) is 59.4 Å². The Morgan fingerprint density at radius 1 is 0.633 bits per heavy atom. The molecule has 0 radical (unpaired) electrons. The van der Waals surface area contributed by atoms with Crippen LogP contribution in [0.3, 0.4) is 0 Å². The van der Waals surface area contributed by atoms with E-state index in [4.69, 9.17) is 10.2 Å². The third kappa shape index (κ3) is 7.45. The van der Waals surface area contributed by atoms with Crippen LogP contribution in [0.2, 0.25) is 0 Å². The van der Waals surface area contributed by atoms with Crippen LogP contribution in [-0.2, 0) is 12.8 Å². The van der Waals surface area contributed by atoms with E-state index >= 15 is 0 Å². The highest BCUT2D eigenvalue weighted by Crippen LogP contribution is 2.45. The molecule has 1 N–H and O–H groups in total. The normalized spacial score (nSPS) is 21.7. The lowest BCUT2D eigenvalue weighted by atomic mass is 9.75. The van der Waals surface area contributed by atoms with Gasteiger partial charge in [-0.1, -0.05) is 71.0 Å². The molecule has 6 aromatic rings.